The van der Waals surface area contributed by atoms with E-state index in [1.165, 1.54) is 18.2 Å². The molecule has 1 aliphatic carbocycles. The standard InChI is InChI=1S/C17H23N3O/c1-2-21-17(9-5-6-10-17)16(20-18)15-12-19-11-13-7-3-4-8-14(13)15/h3-4,7-8,11-12,16,20H,2,5-6,9-10,18H2,1H3. The Balaban J connectivity index is 2.09. The zero-order valence-corrected chi connectivity index (χ0v) is 12.5. The number of hydrogen-bond donors (Lipinski definition) is 2. The predicted molar refractivity (Wildman–Crippen MR) is 84.6 cm³/mol. The van der Waals surface area contributed by atoms with Gasteiger partial charge in [-0.05, 0) is 30.7 Å². The lowest BCUT2D eigenvalue weighted by Crippen LogP contribution is -2.47. The normalized spacial score (nSPS) is 19.0. The Bertz CT molecular complexity index is 603. The molecule has 1 unspecified atom stereocenters. The molecule has 3 rings (SSSR count). The number of fused-ring (bicyclic) bond motifs is 1. The third kappa shape index (κ3) is 2.55. The van der Waals surface area contributed by atoms with Gasteiger partial charge in [0, 0.05) is 24.4 Å². The average Bonchev–Trinajstić information content (AvgIpc) is 2.98. The van der Waals surface area contributed by atoms with E-state index in [2.05, 4.69) is 35.5 Å². The first-order chi connectivity index (χ1) is 10.3. The van der Waals surface area contributed by atoms with Gasteiger partial charge in [-0.25, -0.2) is 5.43 Å². The predicted octanol–water partition coefficient (Wildman–Crippen LogP) is 3.09. The summed E-state index contributed by atoms with van der Waals surface area (Å²) in [7, 11) is 0. The van der Waals surface area contributed by atoms with E-state index in [4.69, 9.17) is 10.6 Å². The lowest BCUT2D eigenvalue weighted by Gasteiger charge is -2.37. The van der Waals surface area contributed by atoms with Gasteiger partial charge in [-0.2, -0.15) is 0 Å². The summed E-state index contributed by atoms with van der Waals surface area (Å²) in [6, 6.07) is 8.28. The fourth-order valence-corrected chi connectivity index (χ4v) is 3.67. The number of pyridine rings is 1. The van der Waals surface area contributed by atoms with Crippen molar-refractivity contribution in [3.63, 3.8) is 0 Å². The van der Waals surface area contributed by atoms with E-state index < -0.39 is 0 Å². The molecule has 0 spiro atoms. The molecule has 2 aromatic rings. The van der Waals surface area contributed by atoms with Crippen molar-refractivity contribution in [2.75, 3.05) is 6.61 Å². The quantitative estimate of drug-likeness (QED) is 0.654. The molecule has 1 atom stereocenters. The minimum absolute atomic E-state index is 0.0291. The summed E-state index contributed by atoms with van der Waals surface area (Å²) in [4.78, 5) is 4.39. The zero-order valence-electron chi connectivity index (χ0n) is 12.5. The highest BCUT2D eigenvalue weighted by Gasteiger charge is 2.43. The first-order valence-corrected chi connectivity index (χ1v) is 7.73. The second-order valence-electron chi connectivity index (χ2n) is 5.75. The first kappa shape index (κ1) is 14.4. The molecule has 1 aromatic carbocycles. The summed E-state index contributed by atoms with van der Waals surface area (Å²) in [5.41, 5.74) is 3.93. The number of ether oxygens (including phenoxy) is 1. The third-order valence-corrected chi connectivity index (χ3v) is 4.58. The molecule has 1 heterocycles. The van der Waals surface area contributed by atoms with Crippen molar-refractivity contribution in [1.82, 2.24) is 10.4 Å². The highest BCUT2D eigenvalue weighted by atomic mass is 16.5. The maximum absolute atomic E-state index is 6.18. The van der Waals surface area contributed by atoms with Crippen molar-refractivity contribution < 1.29 is 4.74 Å². The second kappa shape index (κ2) is 6.10. The van der Waals surface area contributed by atoms with Gasteiger partial charge in [0.2, 0.25) is 0 Å². The van der Waals surface area contributed by atoms with E-state index >= 15 is 0 Å². The van der Waals surface area contributed by atoms with E-state index in [0.717, 1.165) is 23.8 Å². The molecule has 0 aliphatic heterocycles. The van der Waals surface area contributed by atoms with Gasteiger partial charge in [-0.15, -0.1) is 0 Å². The van der Waals surface area contributed by atoms with Gasteiger partial charge in [-0.1, -0.05) is 37.1 Å². The lowest BCUT2D eigenvalue weighted by atomic mass is 9.86. The fraction of sp³-hybridized carbons (Fsp3) is 0.471. The van der Waals surface area contributed by atoms with Crippen LogP contribution in [0, 0.1) is 0 Å². The topological polar surface area (TPSA) is 60.2 Å². The molecule has 4 nitrogen and oxygen atoms in total. The van der Waals surface area contributed by atoms with Crippen LogP contribution in [-0.4, -0.2) is 17.2 Å². The molecule has 0 saturated heterocycles. The largest absolute Gasteiger partial charge is 0.373 e. The molecular weight excluding hydrogens is 262 g/mol. The van der Waals surface area contributed by atoms with Crippen LogP contribution in [0.4, 0.5) is 0 Å². The van der Waals surface area contributed by atoms with Crippen LogP contribution in [0.2, 0.25) is 0 Å². The number of nitrogens with one attached hydrogen (secondary N) is 1. The summed E-state index contributed by atoms with van der Waals surface area (Å²) in [6.07, 6.45) is 8.28. The second-order valence-corrected chi connectivity index (χ2v) is 5.75. The van der Waals surface area contributed by atoms with Gasteiger partial charge >= 0.3 is 0 Å². The third-order valence-electron chi connectivity index (χ3n) is 4.58. The summed E-state index contributed by atoms with van der Waals surface area (Å²) >= 11 is 0. The van der Waals surface area contributed by atoms with E-state index in [0.29, 0.717) is 6.61 Å². The summed E-state index contributed by atoms with van der Waals surface area (Å²) in [6.45, 7) is 2.76. The Morgan fingerprint density at radius 3 is 2.76 bits per heavy atom. The SMILES string of the molecule is CCOC1(C(NN)c2cncc3ccccc23)CCCC1. The van der Waals surface area contributed by atoms with Crippen LogP contribution in [0.3, 0.4) is 0 Å². The Hall–Kier alpha value is -1.49. The molecule has 0 amide bonds. The molecule has 4 heteroatoms. The number of rotatable bonds is 5. The average molecular weight is 285 g/mol. The maximum Gasteiger partial charge on any atom is 0.0889 e. The van der Waals surface area contributed by atoms with Crippen molar-refractivity contribution >= 4 is 10.8 Å². The van der Waals surface area contributed by atoms with E-state index in [1.807, 2.05) is 18.5 Å². The molecule has 0 radical (unpaired) electrons. The molecular formula is C17H23N3O. The number of hydrazine groups is 1. The van der Waals surface area contributed by atoms with Crippen molar-refractivity contribution in [3.8, 4) is 0 Å². The highest BCUT2D eigenvalue weighted by Crippen LogP contribution is 2.43. The molecule has 1 saturated carbocycles. The molecule has 0 bridgehead atoms. The summed E-state index contributed by atoms with van der Waals surface area (Å²) in [5, 5.41) is 2.33. The van der Waals surface area contributed by atoms with Gasteiger partial charge in [0.15, 0.2) is 0 Å². The molecule has 1 aliphatic rings. The van der Waals surface area contributed by atoms with Crippen LogP contribution >= 0.6 is 0 Å². The first-order valence-electron chi connectivity index (χ1n) is 7.73. The van der Waals surface area contributed by atoms with Crippen molar-refractivity contribution in [2.45, 2.75) is 44.2 Å². The lowest BCUT2D eigenvalue weighted by molar-refractivity contribution is -0.0624. The highest BCUT2D eigenvalue weighted by molar-refractivity contribution is 5.85. The minimum atomic E-state index is -0.213. The van der Waals surface area contributed by atoms with Crippen molar-refractivity contribution in [2.24, 2.45) is 5.84 Å². The molecule has 1 aromatic heterocycles. The van der Waals surface area contributed by atoms with Gasteiger partial charge in [0.05, 0.1) is 11.6 Å². The fourth-order valence-electron chi connectivity index (χ4n) is 3.67. The van der Waals surface area contributed by atoms with Crippen LogP contribution in [0.25, 0.3) is 10.8 Å². The summed E-state index contributed by atoms with van der Waals surface area (Å²) in [5.74, 6) is 5.93. The molecule has 112 valence electrons. The molecule has 1 fully saturated rings. The smallest absolute Gasteiger partial charge is 0.0889 e. The Kier molecular flexibility index (Phi) is 4.19. The van der Waals surface area contributed by atoms with Gasteiger partial charge in [0.1, 0.15) is 0 Å². The van der Waals surface area contributed by atoms with Crippen molar-refractivity contribution in [3.05, 3.63) is 42.2 Å². The number of hydrogen-bond acceptors (Lipinski definition) is 4. The van der Waals surface area contributed by atoms with E-state index in [9.17, 15) is 0 Å². The van der Waals surface area contributed by atoms with E-state index in [1.54, 1.807) is 0 Å². The number of aromatic nitrogens is 1. The van der Waals surface area contributed by atoms with Gasteiger partial charge in [0.25, 0.3) is 0 Å². The van der Waals surface area contributed by atoms with Gasteiger partial charge < -0.3 is 4.74 Å². The number of benzene rings is 1. The maximum atomic E-state index is 6.18. The van der Waals surface area contributed by atoms with Crippen LogP contribution in [0.1, 0.15) is 44.2 Å². The van der Waals surface area contributed by atoms with Crippen LogP contribution in [-0.2, 0) is 4.74 Å². The van der Waals surface area contributed by atoms with Crippen molar-refractivity contribution in [1.29, 1.82) is 0 Å². The molecule has 3 N–H and O–H groups in total. The number of nitrogens with two attached hydrogens (primary N) is 1. The monoisotopic (exact) mass is 285 g/mol. The van der Waals surface area contributed by atoms with Crippen LogP contribution < -0.4 is 11.3 Å². The Morgan fingerprint density at radius 2 is 2.05 bits per heavy atom. The molecule has 21 heavy (non-hydrogen) atoms. The minimum Gasteiger partial charge on any atom is -0.373 e. The Morgan fingerprint density at radius 1 is 1.29 bits per heavy atom. The zero-order chi connectivity index (χ0) is 14.7. The van der Waals surface area contributed by atoms with Crippen LogP contribution in [0.5, 0.6) is 0 Å². The van der Waals surface area contributed by atoms with E-state index in [-0.39, 0.29) is 11.6 Å². The van der Waals surface area contributed by atoms with Crippen LogP contribution in [0.15, 0.2) is 36.7 Å². The Labute approximate surface area is 125 Å². The summed E-state index contributed by atoms with van der Waals surface area (Å²) < 4.78 is 6.18. The number of nitrogens with zero attached hydrogens (tertiary/aromatic N) is 1. The van der Waals surface area contributed by atoms with Gasteiger partial charge in [-0.3, -0.25) is 10.8 Å².